The number of carbonyl (C=O) groups excluding carboxylic acids is 1. The molecule has 8 heteroatoms. The van der Waals surface area contributed by atoms with Crippen LogP contribution < -0.4 is 0 Å². The Labute approximate surface area is 129 Å². The van der Waals surface area contributed by atoms with Gasteiger partial charge < -0.3 is 0 Å². The Morgan fingerprint density at radius 3 is 2.23 bits per heavy atom. The molecule has 22 heavy (non-hydrogen) atoms. The summed E-state index contributed by atoms with van der Waals surface area (Å²) in [7, 11) is 0. The molecule has 0 heterocycles. The van der Waals surface area contributed by atoms with E-state index in [0.717, 1.165) is 12.1 Å². The van der Waals surface area contributed by atoms with Gasteiger partial charge in [0, 0.05) is 17.7 Å². The van der Waals surface area contributed by atoms with E-state index < -0.39 is 26.5 Å². The van der Waals surface area contributed by atoms with Gasteiger partial charge in [-0.25, -0.2) is 0 Å². The summed E-state index contributed by atoms with van der Waals surface area (Å²) in [6.07, 6.45) is 0.202. The highest BCUT2D eigenvalue weighted by Gasteiger charge is 2.24. The van der Waals surface area contributed by atoms with Gasteiger partial charge in [-0.1, -0.05) is 24.3 Å². The summed E-state index contributed by atoms with van der Waals surface area (Å²) in [5, 5.41) is 21.1. The van der Waals surface area contributed by atoms with Gasteiger partial charge in [0.25, 0.3) is 5.24 Å². The highest BCUT2D eigenvalue weighted by Crippen LogP contribution is 2.28. The van der Waals surface area contributed by atoms with E-state index in [1.54, 1.807) is 24.3 Å². The summed E-state index contributed by atoms with van der Waals surface area (Å²) in [5.74, 6) is 0. The van der Waals surface area contributed by atoms with Gasteiger partial charge in [0.15, 0.2) is 0 Å². The standard InChI is InChI=1S/C14H9ClN2O5/c15-14(18)11-4-2-1-3-10(11)7-9-5-6-12(16(19)20)13(8-9)17(21)22/h1-6,8H,7H2. The number of nitro groups is 2. The lowest BCUT2D eigenvalue weighted by molar-refractivity contribution is -0.422. The Balaban J connectivity index is 2.43. The predicted molar refractivity (Wildman–Crippen MR) is 79.2 cm³/mol. The monoisotopic (exact) mass is 320 g/mol. The summed E-state index contributed by atoms with van der Waals surface area (Å²) in [6, 6.07) is 10.2. The Kier molecular flexibility index (Phi) is 4.47. The molecular formula is C14H9ClN2O5. The summed E-state index contributed by atoms with van der Waals surface area (Å²) in [5.41, 5.74) is 0.200. The first-order chi connectivity index (χ1) is 10.4. The van der Waals surface area contributed by atoms with Crippen molar-refractivity contribution in [3.05, 3.63) is 79.4 Å². The van der Waals surface area contributed by atoms with Crippen LogP contribution in [0.2, 0.25) is 0 Å². The lowest BCUT2D eigenvalue weighted by Gasteiger charge is -2.06. The number of nitro benzene ring substituents is 2. The smallest absolute Gasteiger partial charge is 0.276 e. The molecule has 0 aliphatic rings. The molecular weight excluding hydrogens is 312 g/mol. The molecule has 0 unspecified atom stereocenters. The van der Waals surface area contributed by atoms with Gasteiger partial charge >= 0.3 is 11.4 Å². The van der Waals surface area contributed by atoms with Crippen LogP contribution in [0.5, 0.6) is 0 Å². The Morgan fingerprint density at radius 1 is 1.00 bits per heavy atom. The van der Waals surface area contributed by atoms with Crippen molar-refractivity contribution < 1.29 is 14.6 Å². The Morgan fingerprint density at radius 2 is 1.64 bits per heavy atom. The van der Waals surface area contributed by atoms with Gasteiger partial charge in [-0.2, -0.15) is 0 Å². The third-order valence-electron chi connectivity index (χ3n) is 3.06. The molecule has 0 aliphatic carbocycles. The zero-order chi connectivity index (χ0) is 16.3. The normalized spacial score (nSPS) is 10.2. The summed E-state index contributed by atoms with van der Waals surface area (Å²) in [4.78, 5) is 31.4. The Bertz CT molecular complexity index is 776. The third kappa shape index (κ3) is 3.26. The zero-order valence-corrected chi connectivity index (χ0v) is 11.8. The molecule has 7 nitrogen and oxygen atoms in total. The average Bonchev–Trinajstić information content (AvgIpc) is 2.47. The number of hydrogen-bond acceptors (Lipinski definition) is 5. The molecule has 0 amide bonds. The SMILES string of the molecule is O=C(Cl)c1ccccc1Cc1ccc([N+](=O)[O-])c([N+](=O)[O-])c1. The molecule has 0 spiro atoms. The molecule has 0 radical (unpaired) electrons. The van der Waals surface area contributed by atoms with Crippen LogP contribution in [-0.2, 0) is 6.42 Å². The topological polar surface area (TPSA) is 103 Å². The molecule has 0 aliphatic heterocycles. The highest BCUT2D eigenvalue weighted by molar-refractivity contribution is 6.67. The van der Waals surface area contributed by atoms with Crippen LogP contribution in [0.15, 0.2) is 42.5 Å². The molecule has 0 N–H and O–H groups in total. The number of benzene rings is 2. The molecule has 112 valence electrons. The fourth-order valence-corrected chi connectivity index (χ4v) is 2.25. The minimum Gasteiger partial charge on any atom is -0.276 e. The van der Waals surface area contributed by atoms with Crippen molar-refractivity contribution >= 4 is 28.2 Å². The van der Waals surface area contributed by atoms with E-state index in [9.17, 15) is 25.0 Å². The van der Waals surface area contributed by atoms with E-state index in [0.29, 0.717) is 16.7 Å². The van der Waals surface area contributed by atoms with Gasteiger partial charge in [0.1, 0.15) is 0 Å². The second-order valence-corrected chi connectivity index (χ2v) is 4.79. The van der Waals surface area contributed by atoms with Gasteiger partial charge in [0.2, 0.25) is 0 Å². The fourth-order valence-electron chi connectivity index (χ4n) is 2.07. The number of carbonyl (C=O) groups is 1. The van der Waals surface area contributed by atoms with Crippen LogP contribution in [0.3, 0.4) is 0 Å². The van der Waals surface area contributed by atoms with Crippen LogP contribution in [0.1, 0.15) is 21.5 Å². The van der Waals surface area contributed by atoms with E-state index in [1.807, 2.05) is 0 Å². The second kappa shape index (κ2) is 6.31. The van der Waals surface area contributed by atoms with Gasteiger partial charge in [-0.15, -0.1) is 0 Å². The number of rotatable bonds is 5. The quantitative estimate of drug-likeness (QED) is 0.476. The molecule has 0 fully saturated rings. The van der Waals surface area contributed by atoms with Gasteiger partial charge in [-0.05, 0) is 35.2 Å². The maximum Gasteiger partial charge on any atom is 0.346 e. The minimum absolute atomic E-state index is 0.202. The van der Waals surface area contributed by atoms with Crippen molar-refractivity contribution in [1.29, 1.82) is 0 Å². The highest BCUT2D eigenvalue weighted by atomic mass is 35.5. The van der Waals surface area contributed by atoms with Crippen LogP contribution >= 0.6 is 11.6 Å². The van der Waals surface area contributed by atoms with Crippen LogP contribution in [0, 0.1) is 20.2 Å². The lowest BCUT2D eigenvalue weighted by Crippen LogP contribution is -2.01. The molecule has 2 aromatic rings. The van der Waals surface area contributed by atoms with E-state index in [1.165, 1.54) is 6.07 Å². The van der Waals surface area contributed by atoms with E-state index >= 15 is 0 Å². The second-order valence-electron chi connectivity index (χ2n) is 4.44. The van der Waals surface area contributed by atoms with Crippen molar-refractivity contribution in [1.82, 2.24) is 0 Å². The van der Waals surface area contributed by atoms with Crippen molar-refractivity contribution in [2.24, 2.45) is 0 Å². The molecule has 2 rings (SSSR count). The number of hydrogen-bond donors (Lipinski definition) is 0. The van der Waals surface area contributed by atoms with Crippen LogP contribution in [0.25, 0.3) is 0 Å². The molecule has 2 aromatic carbocycles. The largest absolute Gasteiger partial charge is 0.346 e. The zero-order valence-electron chi connectivity index (χ0n) is 11.1. The van der Waals surface area contributed by atoms with Gasteiger partial charge in [0.05, 0.1) is 9.85 Å². The molecule has 0 aromatic heterocycles. The number of nitrogens with zero attached hydrogens (tertiary/aromatic N) is 2. The van der Waals surface area contributed by atoms with Gasteiger partial charge in [-0.3, -0.25) is 25.0 Å². The molecule has 0 saturated carbocycles. The Hall–Kier alpha value is -2.80. The summed E-state index contributed by atoms with van der Waals surface area (Å²) in [6.45, 7) is 0. The molecule has 0 bridgehead atoms. The predicted octanol–water partition coefficient (Wildman–Crippen LogP) is 3.47. The van der Waals surface area contributed by atoms with Crippen molar-refractivity contribution in [2.75, 3.05) is 0 Å². The van der Waals surface area contributed by atoms with E-state index in [2.05, 4.69) is 0 Å². The number of halogens is 1. The molecule has 0 atom stereocenters. The average molecular weight is 321 g/mol. The first kappa shape index (κ1) is 15.6. The van der Waals surface area contributed by atoms with Crippen LogP contribution in [-0.4, -0.2) is 15.1 Å². The van der Waals surface area contributed by atoms with E-state index in [4.69, 9.17) is 11.6 Å². The van der Waals surface area contributed by atoms with Crippen molar-refractivity contribution in [2.45, 2.75) is 6.42 Å². The summed E-state index contributed by atoms with van der Waals surface area (Å²) < 4.78 is 0. The fraction of sp³-hybridized carbons (Fsp3) is 0.0714. The minimum atomic E-state index is -0.807. The first-order valence-corrected chi connectivity index (χ1v) is 6.47. The maximum atomic E-state index is 11.3. The maximum absolute atomic E-state index is 11.3. The first-order valence-electron chi connectivity index (χ1n) is 6.09. The van der Waals surface area contributed by atoms with Crippen molar-refractivity contribution in [3.63, 3.8) is 0 Å². The van der Waals surface area contributed by atoms with Crippen molar-refractivity contribution in [3.8, 4) is 0 Å². The van der Waals surface area contributed by atoms with Crippen LogP contribution in [0.4, 0.5) is 11.4 Å². The lowest BCUT2D eigenvalue weighted by atomic mass is 9.99. The third-order valence-corrected chi connectivity index (χ3v) is 3.26. The molecule has 0 saturated heterocycles. The van der Waals surface area contributed by atoms with E-state index in [-0.39, 0.29) is 6.42 Å². The summed E-state index contributed by atoms with van der Waals surface area (Å²) >= 11 is 5.49.